The van der Waals surface area contributed by atoms with Gasteiger partial charge in [-0.25, -0.2) is 0 Å². The van der Waals surface area contributed by atoms with Crippen molar-refractivity contribution in [3.8, 4) is 0 Å². The molecule has 2 aromatic carbocycles. The van der Waals surface area contributed by atoms with Crippen LogP contribution < -0.4 is 16.2 Å². The Balaban J connectivity index is 1.76. The molecular formula is C17H19N3O. The normalized spacial score (nSPS) is 9.76. The molecule has 21 heavy (non-hydrogen) atoms. The Bertz CT molecular complexity index is 606. The molecule has 0 unspecified atom stereocenters. The summed E-state index contributed by atoms with van der Waals surface area (Å²) >= 11 is 0. The van der Waals surface area contributed by atoms with Crippen LogP contribution in [0.3, 0.4) is 0 Å². The smallest absolute Gasteiger partial charge is 0.257 e. The van der Waals surface area contributed by atoms with Gasteiger partial charge in [0.2, 0.25) is 0 Å². The van der Waals surface area contributed by atoms with Gasteiger partial charge >= 0.3 is 0 Å². The van der Waals surface area contributed by atoms with Crippen molar-refractivity contribution in [1.82, 2.24) is 10.9 Å². The second-order valence-electron chi connectivity index (χ2n) is 4.74. The second kappa shape index (κ2) is 7.14. The van der Waals surface area contributed by atoms with Gasteiger partial charge in [-0.3, -0.25) is 15.6 Å². The predicted octanol–water partition coefficient (Wildman–Crippen LogP) is 2.70. The lowest BCUT2D eigenvalue weighted by Crippen LogP contribution is -2.39. The van der Waals surface area contributed by atoms with Gasteiger partial charge in [0.1, 0.15) is 0 Å². The van der Waals surface area contributed by atoms with Crippen molar-refractivity contribution in [2.75, 3.05) is 11.9 Å². The zero-order chi connectivity index (χ0) is 15.1. The van der Waals surface area contributed by atoms with E-state index in [0.717, 1.165) is 11.3 Å². The molecule has 0 saturated heterocycles. The monoisotopic (exact) mass is 281 g/mol. The number of benzene rings is 2. The standard InChI is InChI=1S/C17H19N3O/c1-13-8-10-15(11-9-13)14(2)19-20-17(21)12-18-16-6-4-3-5-7-16/h3-11,18-19H,2,12H2,1H3,(H,20,21). The van der Waals surface area contributed by atoms with Crippen molar-refractivity contribution in [2.45, 2.75) is 6.92 Å². The summed E-state index contributed by atoms with van der Waals surface area (Å²) < 4.78 is 0. The van der Waals surface area contributed by atoms with Crippen LogP contribution in [-0.2, 0) is 4.79 Å². The molecule has 0 bridgehead atoms. The van der Waals surface area contributed by atoms with Crippen LogP contribution >= 0.6 is 0 Å². The largest absolute Gasteiger partial charge is 0.376 e. The predicted molar refractivity (Wildman–Crippen MR) is 86.4 cm³/mol. The molecular weight excluding hydrogens is 262 g/mol. The van der Waals surface area contributed by atoms with Gasteiger partial charge in [0.15, 0.2) is 0 Å². The van der Waals surface area contributed by atoms with Crippen LogP contribution in [0.5, 0.6) is 0 Å². The van der Waals surface area contributed by atoms with Crippen molar-refractivity contribution in [1.29, 1.82) is 0 Å². The van der Waals surface area contributed by atoms with E-state index < -0.39 is 0 Å². The highest BCUT2D eigenvalue weighted by molar-refractivity contribution is 5.81. The van der Waals surface area contributed by atoms with Crippen molar-refractivity contribution in [3.05, 3.63) is 72.3 Å². The number of hydrazine groups is 1. The number of anilines is 1. The lowest BCUT2D eigenvalue weighted by atomic mass is 10.1. The van der Waals surface area contributed by atoms with Gasteiger partial charge in [-0.05, 0) is 24.6 Å². The van der Waals surface area contributed by atoms with Gasteiger partial charge in [-0.1, -0.05) is 54.6 Å². The van der Waals surface area contributed by atoms with E-state index in [2.05, 4.69) is 22.7 Å². The van der Waals surface area contributed by atoms with Crippen LogP contribution in [0.25, 0.3) is 5.70 Å². The number of hydrogen-bond acceptors (Lipinski definition) is 3. The number of nitrogens with one attached hydrogen (secondary N) is 3. The quantitative estimate of drug-likeness (QED) is 0.714. The zero-order valence-corrected chi connectivity index (χ0v) is 12.0. The van der Waals surface area contributed by atoms with Crippen molar-refractivity contribution < 1.29 is 4.79 Å². The number of para-hydroxylation sites is 1. The minimum atomic E-state index is -0.160. The zero-order valence-electron chi connectivity index (χ0n) is 12.0. The minimum absolute atomic E-state index is 0.160. The molecule has 108 valence electrons. The van der Waals surface area contributed by atoms with Gasteiger partial charge in [-0.15, -0.1) is 0 Å². The van der Waals surface area contributed by atoms with E-state index in [1.165, 1.54) is 5.56 Å². The average molecular weight is 281 g/mol. The third-order valence-corrected chi connectivity index (χ3v) is 2.98. The van der Waals surface area contributed by atoms with E-state index in [-0.39, 0.29) is 12.5 Å². The van der Waals surface area contributed by atoms with Gasteiger partial charge in [0.05, 0.1) is 12.2 Å². The summed E-state index contributed by atoms with van der Waals surface area (Å²) in [5.74, 6) is -0.160. The molecule has 0 heterocycles. The number of carbonyl (C=O) groups is 1. The molecule has 4 heteroatoms. The number of rotatable bonds is 6. The lowest BCUT2D eigenvalue weighted by molar-refractivity contribution is -0.120. The second-order valence-corrected chi connectivity index (χ2v) is 4.74. The summed E-state index contributed by atoms with van der Waals surface area (Å²) in [6.45, 7) is 6.12. The van der Waals surface area contributed by atoms with Crippen LogP contribution in [0.15, 0.2) is 61.2 Å². The molecule has 0 saturated carbocycles. The van der Waals surface area contributed by atoms with E-state index >= 15 is 0 Å². The fraction of sp³-hybridized carbons (Fsp3) is 0.118. The summed E-state index contributed by atoms with van der Waals surface area (Å²) in [6, 6.07) is 17.5. The van der Waals surface area contributed by atoms with Gasteiger partial charge in [0, 0.05) is 5.69 Å². The highest BCUT2D eigenvalue weighted by atomic mass is 16.2. The molecule has 0 aromatic heterocycles. The maximum absolute atomic E-state index is 11.7. The Morgan fingerprint density at radius 1 is 1.00 bits per heavy atom. The van der Waals surface area contributed by atoms with E-state index in [0.29, 0.717) is 5.70 Å². The Hall–Kier alpha value is -2.75. The first-order chi connectivity index (χ1) is 10.1. The molecule has 0 fully saturated rings. The fourth-order valence-corrected chi connectivity index (χ4v) is 1.75. The molecule has 2 rings (SSSR count). The fourth-order valence-electron chi connectivity index (χ4n) is 1.75. The van der Waals surface area contributed by atoms with E-state index in [4.69, 9.17) is 0 Å². The van der Waals surface area contributed by atoms with Crippen molar-refractivity contribution >= 4 is 17.3 Å². The first kappa shape index (κ1) is 14.7. The SMILES string of the molecule is C=C(NNC(=O)CNc1ccccc1)c1ccc(C)cc1. The molecule has 1 amide bonds. The first-order valence-electron chi connectivity index (χ1n) is 6.75. The van der Waals surface area contributed by atoms with Crippen molar-refractivity contribution in [2.24, 2.45) is 0 Å². The van der Waals surface area contributed by atoms with Crippen LogP contribution in [0.1, 0.15) is 11.1 Å². The molecule has 0 radical (unpaired) electrons. The highest BCUT2D eigenvalue weighted by Crippen LogP contribution is 2.09. The van der Waals surface area contributed by atoms with Crippen LogP contribution in [-0.4, -0.2) is 12.5 Å². The van der Waals surface area contributed by atoms with Crippen LogP contribution in [0.4, 0.5) is 5.69 Å². The topological polar surface area (TPSA) is 53.2 Å². The Morgan fingerprint density at radius 2 is 1.67 bits per heavy atom. The Kier molecular flexibility index (Phi) is 4.99. The van der Waals surface area contributed by atoms with Crippen LogP contribution in [0.2, 0.25) is 0 Å². The third kappa shape index (κ3) is 4.69. The maximum atomic E-state index is 11.7. The molecule has 2 aromatic rings. The van der Waals surface area contributed by atoms with Crippen molar-refractivity contribution in [3.63, 3.8) is 0 Å². The van der Waals surface area contributed by atoms with Gasteiger partial charge < -0.3 is 5.32 Å². The molecule has 0 aliphatic heterocycles. The maximum Gasteiger partial charge on any atom is 0.257 e. The van der Waals surface area contributed by atoms with Gasteiger partial charge in [0.25, 0.3) is 5.91 Å². The third-order valence-electron chi connectivity index (χ3n) is 2.98. The molecule has 0 aliphatic rings. The van der Waals surface area contributed by atoms with E-state index in [9.17, 15) is 4.79 Å². The summed E-state index contributed by atoms with van der Waals surface area (Å²) in [6.07, 6.45) is 0. The minimum Gasteiger partial charge on any atom is -0.376 e. The Labute approximate surface area is 124 Å². The van der Waals surface area contributed by atoms with Gasteiger partial charge in [-0.2, -0.15) is 0 Å². The molecule has 3 N–H and O–H groups in total. The molecule has 0 atom stereocenters. The summed E-state index contributed by atoms with van der Waals surface area (Å²) in [5.41, 5.74) is 9.12. The lowest BCUT2D eigenvalue weighted by Gasteiger charge is -2.12. The van der Waals surface area contributed by atoms with E-state index in [1.807, 2.05) is 61.5 Å². The van der Waals surface area contributed by atoms with E-state index in [1.54, 1.807) is 0 Å². The molecule has 0 spiro atoms. The van der Waals surface area contributed by atoms with Crippen LogP contribution in [0, 0.1) is 6.92 Å². The first-order valence-corrected chi connectivity index (χ1v) is 6.75. The number of hydrogen-bond donors (Lipinski definition) is 3. The molecule has 4 nitrogen and oxygen atoms in total. The molecule has 0 aliphatic carbocycles. The average Bonchev–Trinajstić information content (AvgIpc) is 2.52. The summed E-state index contributed by atoms with van der Waals surface area (Å²) in [7, 11) is 0. The summed E-state index contributed by atoms with van der Waals surface area (Å²) in [5, 5.41) is 3.03. The number of aryl methyl sites for hydroxylation is 1. The summed E-state index contributed by atoms with van der Waals surface area (Å²) in [4.78, 5) is 11.7. The number of carbonyl (C=O) groups excluding carboxylic acids is 1. The highest BCUT2D eigenvalue weighted by Gasteiger charge is 2.02. The number of amides is 1. The Morgan fingerprint density at radius 3 is 2.33 bits per heavy atom.